The Hall–Kier alpha value is -2.46. The van der Waals surface area contributed by atoms with Crippen LogP contribution in [0.5, 0.6) is 0 Å². The lowest BCUT2D eigenvalue weighted by Gasteiger charge is -2.32. The fraction of sp³-hybridized carbons (Fsp3) is 0.318. The number of nitrogens with one attached hydrogen (secondary N) is 1. The Morgan fingerprint density at radius 2 is 1.83 bits per heavy atom. The minimum atomic E-state index is -0.972. The SMILES string of the molecule is N#Cc1ccc(-c2ccc(C[C@H](C#N)NC(=O)C3(N)CCOCC3)c(I)c2)cc1. The van der Waals surface area contributed by atoms with Gasteiger partial charge in [-0.1, -0.05) is 24.3 Å². The highest BCUT2D eigenvalue weighted by Gasteiger charge is 2.36. The van der Waals surface area contributed by atoms with E-state index in [0.717, 1.165) is 20.3 Å². The highest BCUT2D eigenvalue weighted by molar-refractivity contribution is 14.1. The topological polar surface area (TPSA) is 112 Å². The number of nitrogens with zero attached hydrogens (tertiary/aromatic N) is 2. The number of hydrogen-bond acceptors (Lipinski definition) is 5. The number of carbonyl (C=O) groups excluding carboxylic acids is 1. The molecule has 0 unspecified atom stereocenters. The number of carbonyl (C=O) groups is 1. The first kappa shape index (κ1) is 21.3. The maximum Gasteiger partial charge on any atom is 0.241 e. The number of halogens is 1. The van der Waals surface area contributed by atoms with Gasteiger partial charge in [0, 0.05) is 23.2 Å². The van der Waals surface area contributed by atoms with E-state index in [9.17, 15) is 10.1 Å². The first-order chi connectivity index (χ1) is 13.9. The molecule has 1 aliphatic rings. The maximum absolute atomic E-state index is 12.6. The molecule has 29 heavy (non-hydrogen) atoms. The Morgan fingerprint density at radius 3 is 2.41 bits per heavy atom. The van der Waals surface area contributed by atoms with E-state index in [1.54, 1.807) is 12.1 Å². The van der Waals surface area contributed by atoms with Gasteiger partial charge in [0.1, 0.15) is 6.04 Å². The summed E-state index contributed by atoms with van der Waals surface area (Å²) in [5.74, 6) is -0.295. The van der Waals surface area contributed by atoms with E-state index in [1.165, 1.54) is 0 Å². The van der Waals surface area contributed by atoms with Crippen LogP contribution in [-0.2, 0) is 16.0 Å². The molecule has 1 amide bonds. The van der Waals surface area contributed by atoms with Crippen molar-refractivity contribution in [1.82, 2.24) is 5.32 Å². The van der Waals surface area contributed by atoms with Crippen LogP contribution in [0.25, 0.3) is 11.1 Å². The second-order valence-electron chi connectivity index (χ2n) is 7.12. The van der Waals surface area contributed by atoms with Crippen LogP contribution in [0.4, 0.5) is 0 Å². The van der Waals surface area contributed by atoms with Gasteiger partial charge in [-0.2, -0.15) is 10.5 Å². The first-order valence-corrected chi connectivity index (χ1v) is 10.4. The molecular formula is C22H21IN4O2. The van der Waals surface area contributed by atoms with E-state index in [4.69, 9.17) is 15.7 Å². The first-order valence-electron chi connectivity index (χ1n) is 9.31. The highest BCUT2D eigenvalue weighted by Crippen LogP contribution is 2.25. The number of nitriles is 2. The van der Waals surface area contributed by atoms with Crippen LogP contribution in [0.1, 0.15) is 24.0 Å². The number of rotatable bonds is 5. The van der Waals surface area contributed by atoms with Gasteiger partial charge >= 0.3 is 0 Å². The third-order valence-corrected chi connectivity index (χ3v) is 6.13. The zero-order chi connectivity index (χ0) is 20.9. The molecule has 3 rings (SSSR count). The van der Waals surface area contributed by atoms with E-state index < -0.39 is 11.6 Å². The van der Waals surface area contributed by atoms with Crippen molar-refractivity contribution in [2.24, 2.45) is 5.73 Å². The molecule has 0 bridgehead atoms. The summed E-state index contributed by atoms with van der Waals surface area (Å²) in [7, 11) is 0. The monoisotopic (exact) mass is 500 g/mol. The van der Waals surface area contributed by atoms with Crippen molar-refractivity contribution >= 4 is 28.5 Å². The summed E-state index contributed by atoms with van der Waals surface area (Å²) in [6.07, 6.45) is 1.31. The summed E-state index contributed by atoms with van der Waals surface area (Å²) in [6, 6.07) is 17.0. The fourth-order valence-electron chi connectivity index (χ4n) is 3.24. The normalized spacial score (nSPS) is 16.3. The quantitative estimate of drug-likeness (QED) is 0.614. The smallest absolute Gasteiger partial charge is 0.241 e. The van der Waals surface area contributed by atoms with E-state index in [1.807, 2.05) is 30.3 Å². The van der Waals surface area contributed by atoms with Gasteiger partial charge < -0.3 is 15.8 Å². The molecule has 0 spiro atoms. The Kier molecular flexibility index (Phi) is 6.86. The molecule has 1 saturated heterocycles. The molecule has 0 saturated carbocycles. The average Bonchev–Trinajstić information content (AvgIpc) is 2.75. The highest BCUT2D eigenvalue weighted by atomic mass is 127. The molecule has 7 heteroatoms. The van der Waals surface area contributed by atoms with Crippen LogP contribution in [0.2, 0.25) is 0 Å². The molecule has 0 aromatic heterocycles. The van der Waals surface area contributed by atoms with Crippen LogP contribution >= 0.6 is 22.6 Å². The number of hydrogen-bond donors (Lipinski definition) is 2. The Bertz CT molecular complexity index is 970. The van der Waals surface area contributed by atoms with Gasteiger partial charge in [-0.15, -0.1) is 0 Å². The van der Waals surface area contributed by atoms with E-state index >= 15 is 0 Å². The average molecular weight is 500 g/mol. The molecule has 0 radical (unpaired) electrons. The molecule has 6 nitrogen and oxygen atoms in total. The minimum absolute atomic E-state index is 0.295. The summed E-state index contributed by atoms with van der Waals surface area (Å²) < 4.78 is 6.28. The molecule has 148 valence electrons. The maximum atomic E-state index is 12.6. The van der Waals surface area contributed by atoms with Crippen LogP contribution in [-0.4, -0.2) is 30.7 Å². The summed E-state index contributed by atoms with van der Waals surface area (Å²) in [4.78, 5) is 12.6. The molecule has 1 atom stereocenters. The second kappa shape index (κ2) is 9.36. The lowest BCUT2D eigenvalue weighted by atomic mass is 9.90. The minimum Gasteiger partial charge on any atom is -0.381 e. The lowest BCUT2D eigenvalue weighted by Crippen LogP contribution is -2.58. The lowest BCUT2D eigenvalue weighted by molar-refractivity contribution is -0.130. The Morgan fingerprint density at radius 1 is 1.17 bits per heavy atom. The van der Waals surface area contributed by atoms with E-state index in [0.29, 0.717) is 38.0 Å². The molecular weight excluding hydrogens is 479 g/mol. The molecule has 1 aliphatic heterocycles. The largest absolute Gasteiger partial charge is 0.381 e. The van der Waals surface area contributed by atoms with Gasteiger partial charge in [-0.05, 0) is 70.3 Å². The summed E-state index contributed by atoms with van der Waals surface area (Å²) >= 11 is 2.24. The van der Waals surface area contributed by atoms with Crippen LogP contribution < -0.4 is 11.1 Å². The number of nitrogens with two attached hydrogens (primary N) is 1. The van der Waals surface area contributed by atoms with Gasteiger partial charge in [0.05, 0.1) is 23.2 Å². The molecule has 1 fully saturated rings. The van der Waals surface area contributed by atoms with Crippen LogP contribution in [0.3, 0.4) is 0 Å². The predicted molar refractivity (Wildman–Crippen MR) is 118 cm³/mol. The number of ether oxygens (including phenoxy) is 1. The van der Waals surface area contributed by atoms with Gasteiger partial charge in [-0.25, -0.2) is 0 Å². The van der Waals surface area contributed by atoms with Gasteiger partial charge in [-0.3, -0.25) is 4.79 Å². The molecule has 0 aliphatic carbocycles. The van der Waals surface area contributed by atoms with Crippen LogP contribution in [0.15, 0.2) is 42.5 Å². The van der Waals surface area contributed by atoms with Crippen molar-refractivity contribution in [2.45, 2.75) is 30.8 Å². The second-order valence-corrected chi connectivity index (χ2v) is 8.29. The Balaban J connectivity index is 1.70. The standard InChI is InChI=1S/C22H21IN4O2/c23-20-12-17(16-3-1-15(13-24)2-4-16)5-6-18(20)11-19(14-25)27-21(28)22(26)7-9-29-10-8-22/h1-6,12,19H,7-11,26H2,(H,27,28)/t19-/m1/s1. The number of benzene rings is 2. The molecule has 3 N–H and O–H groups in total. The van der Waals surface area contributed by atoms with Crippen molar-refractivity contribution in [3.05, 3.63) is 57.2 Å². The summed E-state index contributed by atoms with van der Waals surface area (Å²) in [5.41, 5.74) is 8.89. The van der Waals surface area contributed by atoms with Gasteiger partial charge in [0.15, 0.2) is 0 Å². The third-order valence-electron chi connectivity index (χ3n) is 5.12. The molecule has 2 aromatic rings. The zero-order valence-corrected chi connectivity index (χ0v) is 18.0. The summed E-state index contributed by atoms with van der Waals surface area (Å²) in [5, 5.41) is 21.3. The molecule has 1 heterocycles. The zero-order valence-electron chi connectivity index (χ0n) is 15.8. The third kappa shape index (κ3) is 5.13. The predicted octanol–water partition coefficient (Wildman–Crippen LogP) is 2.89. The van der Waals surface area contributed by atoms with E-state index in [2.05, 4.69) is 40.0 Å². The van der Waals surface area contributed by atoms with Gasteiger partial charge in [0.2, 0.25) is 5.91 Å². The van der Waals surface area contributed by atoms with Crippen molar-refractivity contribution in [3.8, 4) is 23.3 Å². The van der Waals surface area contributed by atoms with Crippen molar-refractivity contribution in [2.75, 3.05) is 13.2 Å². The molecule has 2 aromatic carbocycles. The van der Waals surface area contributed by atoms with Gasteiger partial charge in [0.25, 0.3) is 0 Å². The Labute approximate surface area is 183 Å². The van der Waals surface area contributed by atoms with Crippen molar-refractivity contribution in [3.63, 3.8) is 0 Å². The number of amides is 1. The van der Waals surface area contributed by atoms with E-state index in [-0.39, 0.29) is 5.91 Å². The van der Waals surface area contributed by atoms with Crippen molar-refractivity contribution < 1.29 is 9.53 Å². The fourth-order valence-corrected chi connectivity index (χ4v) is 3.98. The summed E-state index contributed by atoms with van der Waals surface area (Å²) in [6.45, 7) is 0.908. The van der Waals surface area contributed by atoms with Crippen LogP contribution in [0, 0.1) is 26.2 Å². The van der Waals surface area contributed by atoms with Crippen molar-refractivity contribution in [1.29, 1.82) is 10.5 Å².